The maximum absolute atomic E-state index is 10.9. The van der Waals surface area contributed by atoms with E-state index in [1.54, 1.807) is 0 Å². The van der Waals surface area contributed by atoms with E-state index in [2.05, 4.69) is 4.72 Å². The van der Waals surface area contributed by atoms with Gasteiger partial charge in [-0.15, -0.1) is 0 Å². The first-order chi connectivity index (χ1) is 6.42. The van der Waals surface area contributed by atoms with Crippen LogP contribution >= 0.6 is 11.6 Å². The van der Waals surface area contributed by atoms with Crippen LogP contribution in [0.25, 0.3) is 0 Å². The van der Waals surface area contributed by atoms with E-state index < -0.39 is 10.0 Å². The van der Waals surface area contributed by atoms with Crippen LogP contribution in [0.4, 0.5) is 5.69 Å². The van der Waals surface area contributed by atoms with Crippen molar-refractivity contribution in [2.45, 2.75) is 0 Å². The molecule has 0 atom stereocenters. The second-order valence-electron chi connectivity index (χ2n) is 2.73. The Hall–Kier alpha value is -1.07. The molecular weight excluding hydrogens is 226 g/mol. The molecular formula is C8H8ClNO3S. The Morgan fingerprint density at radius 3 is 2.57 bits per heavy atom. The maximum Gasteiger partial charge on any atom is 0.229 e. The molecule has 0 saturated carbocycles. The number of anilines is 1. The Labute approximate surface area is 86.9 Å². The minimum absolute atomic E-state index is 0.250. The summed E-state index contributed by atoms with van der Waals surface area (Å²) in [5, 5.41) is 0.291. The first kappa shape index (κ1) is 11.0. The largest absolute Gasteiger partial charge is 0.298 e. The molecule has 14 heavy (non-hydrogen) atoms. The molecule has 1 N–H and O–H groups in total. The SMILES string of the molecule is CS(=O)(=O)Nc1ccc(Cl)c(C=O)c1. The molecule has 0 aromatic heterocycles. The number of benzene rings is 1. The zero-order chi connectivity index (χ0) is 10.8. The molecule has 0 spiro atoms. The Balaban J connectivity index is 3.07. The number of sulfonamides is 1. The lowest BCUT2D eigenvalue weighted by atomic mass is 10.2. The number of hydrogen-bond donors (Lipinski definition) is 1. The smallest absolute Gasteiger partial charge is 0.229 e. The highest BCUT2D eigenvalue weighted by Crippen LogP contribution is 2.19. The monoisotopic (exact) mass is 233 g/mol. The van der Waals surface area contributed by atoms with Gasteiger partial charge in [0.15, 0.2) is 6.29 Å². The van der Waals surface area contributed by atoms with Crippen molar-refractivity contribution >= 4 is 33.6 Å². The van der Waals surface area contributed by atoms with Crippen LogP contribution in [-0.4, -0.2) is 21.0 Å². The molecule has 0 aliphatic carbocycles. The molecule has 0 unspecified atom stereocenters. The molecule has 76 valence electrons. The van der Waals surface area contributed by atoms with Crippen LogP contribution in [0, 0.1) is 0 Å². The van der Waals surface area contributed by atoms with Crippen LogP contribution in [0.1, 0.15) is 10.4 Å². The average molecular weight is 234 g/mol. The summed E-state index contributed by atoms with van der Waals surface area (Å²) in [4.78, 5) is 10.5. The number of hydrogen-bond acceptors (Lipinski definition) is 3. The predicted molar refractivity (Wildman–Crippen MR) is 55.3 cm³/mol. The van der Waals surface area contributed by atoms with E-state index in [0.717, 1.165) is 6.26 Å². The fraction of sp³-hybridized carbons (Fsp3) is 0.125. The highest BCUT2D eigenvalue weighted by molar-refractivity contribution is 7.92. The first-order valence-corrected chi connectivity index (χ1v) is 5.92. The number of rotatable bonds is 3. The molecule has 0 bridgehead atoms. The molecule has 0 saturated heterocycles. The number of halogens is 1. The summed E-state index contributed by atoms with van der Waals surface area (Å²) in [7, 11) is -3.32. The molecule has 4 nitrogen and oxygen atoms in total. The number of carbonyl (C=O) groups is 1. The number of nitrogens with one attached hydrogen (secondary N) is 1. The standard InChI is InChI=1S/C8H8ClNO3S/c1-14(12,13)10-7-2-3-8(9)6(4-7)5-11/h2-5,10H,1H3. The van der Waals surface area contributed by atoms with E-state index in [-0.39, 0.29) is 5.56 Å². The fourth-order valence-corrected chi connectivity index (χ4v) is 1.63. The van der Waals surface area contributed by atoms with Crippen molar-refractivity contribution < 1.29 is 13.2 Å². The van der Waals surface area contributed by atoms with E-state index in [1.807, 2.05) is 0 Å². The molecule has 0 radical (unpaired) electrons. The zero-order valence-corrected chi connectivity index (χ0v) is 8.89. The van der Waals surface area contributed by atoms with Crippen LogP contribution in [0.3, 0.4) is 0 Å². The zero-order valence-electron chi connectivity index (χ0n) is 7.32. The lowest BCUT2D eigenvalue weighted by Gasteiger charge is -2.04. The van der Waals surface area contributed by atoms with Gasteiger partial charge in [-0.25, -0.2) is 8.42 Å². The van der Waals surface area contributed by atoms with Gasteiger partial charge in [-0.2, -0.15) is 0 Å². The first-order valence-electron chi connectivity index (χ1n) is 3.65. The quantitative estimate of drug-likeness (QED) is 0.806. The summed E-state index contributed by atoms with van der Waals surface area (Å²) in [5.41, 5.74) is 0.569. The van der Waals surface area contributed by atoms with E-state index in [9.17, 15) is 13.2 Å². The summed E-state index contributed by atoms with van der Waals surface area (Å²) in [6.07, 6.45) is 1.60. The summed E-state index contributed by atoms with van der Waals surface area (Å²) < 4.78 is 23.9. The van der Waals surface area contributed by atoms with Crippen LogP contribution in [0.15, 0.2) is 18.2 Å². The summed E-state index contributed by atoms with van der Waals surface area (Å²) in [6.45, 7) is 0. The third-order valence-corrected chi connectivity index (χ3v) is 2.38. The summed E-state index contributed by atoms with van der Waals surface area (Å²) >= 11 is 5.66. The van der Waals surface area contributed by atoms with Crippen molar-refractivity contribution in [1.82, 2.24) is 0 Å². The summed E-state index contributed by atoms with van der Waals surface area (Å²) in [5.74, 6) is 0. The average Bonchev–Trinajstić information content (AvgIpc) is 2.06. The van der Waals surface area contributed by atoms with Gasteiger partial charge in [-0.1, -0.05) is 11.6 Å². The van der Waals surface area contributed by atoms with Crippen molar-refractivity contribution in [3.63, 3.8) is 0 Å². The van der Waals surface area contributed by atoms with Crippen LogP contribution in [0.5, 0.6) is 0 Å². The second-order valence-corrected chi connectivity index (χ2v) is 4.88. The molecule has 0 aliphatic heterocycles. The van der Waals surface area contributed by atoms with Gasteiger partial charge in [0.25, 0.3) is 0 Å². The molecule has 1 aromatic carbocycles. The lowest BCUT2D eigenvalue weighted by molar-refractivity contribution is 0.112. The molecule has 1 rings (SSSR count). The molecule has 0 aliphatic rings. The van der Waals surface area contributed by atoms with Gasteiger partial charge < -0.3 is 0 Å². The van der Waals surface area contributed by atoms with Crippen molar-refractivity contribution in [3.8, 4) is 0 Å². The lowest BCUT2D eigenvalue weighted by Crippen LogP contribution is -2.09. The van der Waals surface area contributed by atoms with E-state index in [1.165, 1.54) is 18.2 Å². The van der Waals surface area contributed by atoms with Crippen LogP contribution in [0.2, 0.25) is 5.02 Å². The second kappa shape index (κ2) is 3.98. The van der Waals surface area contributed by atoms with Gasteiger partial charge in [0, 0.05) is 11.3 Å². The van der Waals surface area contributed by atoms with Crippen molar-refractivity contribution in [3.05, 3.63) is 28.8 Å². The fourth-order valence-electron chi connectivity index (χ4n) is 0.912. The molecule has 0 fully saturated rings. The summed E-state index contributed by atoms with van der Waals surface area (Å²) in [6, 6.07) is 4.31. The van der Waals surface area contributed by atoms with Gasteiger partial charge in [0.2, 0.25) is 10.0 Å². The van der Waals surface area contributed by atoms with Crippen LogP contribution < -0.4 is 4.72 Å². The van der Waals surface area contributed by atoms with Gasteiger partial charge in [-0.05, 0) is 18.2 Å². The van der Waals surface area contributed by atoms with Crippen LogP contribution in [-0.2, 0) is 10.0 Å². The van der Waals surface area contributed by atoms with Crippen molar-refractivity contribution in [2.24, 2.45) is 0 Å². The maximum atomic E-state index is 10.9. The predicted octanol–water partition coefficient (Wildman–Crippen LogP) is 1.52. The highest BCUT2D eigenvalue weighted by Gasteiger charge is 2.04. The number of aldehydes is 1. The normalized spacial score (nSPS) is 11.0. The van der Waals surface area contributed by atoms with Gasteiger partial charge in [-0.3, -0.25) is 9.52 Å². The van der Waals surface area contributed by atoms with Gasteiger partial charge >= 0.3 is 0 Å². The Bertz CT molecular complexity index is 456. The third-order valence-electron chi connectivity index (χ3n) is 1.43. The van der Waals surface area contributed by atoms with Gasteiger partial charge in [0.1, 0.15) is 0 Å². The Kier molecular flexibility index (Phi) is 3.13. The molecule has 1 aromatic rings. The molecule has 0 amide bonds. The Morgan fingerprint density at radius 2 is 2.07 bits per heavy atom. The molecule has 6 heteroatoms. The van der Waals surface area contributed by atoms with Gasteiger partial charge in [0.05, 0.1) is 11.3 Å². The van der Waals surface area contributed by atoms with E-state index in [4.69, 9.17) is 11.6 Å². The van der Waals surface area contributed by atoms with E-state index >= 15 is 0 Å². The highest BCUT2D eigenvalue weighted by atomic mass is 35.5. The van der Waals surface area contributed by atoms with Crippen molar-refractivity contribution in [1.29, 1.82) is 0 Å². The third kappa shape index (κ3) is 3.01. The number of carbonyl (C=O) groups excluding carboxylic acids is 1. The van der Waals surface area contributed by atoms with Crippen molar-refractivity contribution in [2.75, 3.05) is 11.0 Å². The Morgan fingerprint density at radius 1 is 1.43 bits per heavy atom. The minimum Gasteiger partial charge on any atom is -0.298 e. The topological polar surface area (TPSA) is 63.2 Å². The molecule has 0 heterocycles. The minimum atomic E-state index is -3.32. The van der Waals surface area contributed by atoms with E-state index in [0.29, 0.717) is 17.0 Å².